The molecule has 0 aromatic heterocycles. The number of carbonyl (C=O) groups excluding carboxylic acids is 2. The molecule has 0 saturated heterocycles. The maximum Gasteiger partial charge on any atom is 0.330 e. The molecular weight excluding hydrogens is 360 g/mol. The normalized spacial score (nSPS) is 11.5. The average molecular weight is 384 g/mol. The fourth-order valence-electron chi connectivity index (χ4n) is 2.33. The number of esters is 1. The highest BCUT2D eigenvalue weighted by Gasteiger charge is 2.11. The first-order valence-electron chi connectivity index (χ1n) is 8.95. The second kappa shape index (κ2) is 11.7. The van der Waals surface area contributed by atoms with Crippen LogP contribution in [-0.4, -0.2) is 44.5 Å². The topological polar surface area (TPSA) is 71.1 Å². The molecule has 2 aromatic rings. The van der Waals surface area contributed by atoms with Crippen molar-refractivity contribution in [3.8, 4) is 5.75 Å². The van der Waals surface area contributed by atoms with Crippen molar-refractivity contribution in [2.45, 2.75) is 13.2 Å². The lowest BCUT2D eigenvalue weighted by Crippen LogP contribution is -2.20. The van der Waals surface area contributed by atoms with Crippen molar-refractivity contribution in [1.82, 2.24) is 0 Å². The smallest absolute Gasteiger partial charge is 0.330 e. The Morgan fingerprint density at radius 1 is 0.964 bits per heavy atom. The highest BCUT2D eigenvalue weighted by atomic mass is 16.7. The maximum absolute atomic E-state index is 12.5. The first-order valence-corrected chi connectivity index (χ1v) is 8.95. The highest BCUT2D eigenvalue weighted by Crippen LogP contribution is 2.18. The van der Waals surface area contributed by atoms with Gasteiger partial charge in [-0.05, 0) is 19.1 Å². The summed E-state index contributed by atoms with van der Waals surface area (Å²) in [6.45, 7) is 6.17. The summed E-state index contributed by atoms with van der Waals surface area (Å²) in [7, 11) is 0. The van der Waals surface area contributed by atoms with E-state index < -0.39 is 12.3 Å². The molecule has 1 unspecified atom stereocenters. The number of carbonyl (C=O) groups is 2. The third-order valence-corrected chi connectivity index (χ3v) is 3.65. The summed E-state index contributed by atoms with van der Waals surface area (Å²) in [5.41, 5.74) is 1.17. The zero-order chi connectivity index (χ0) is 20.2. The van der Waals surface area contributed by atoms with E-state index in [9.17, 15) is 9.59 Å². The van der Waals surface area contributed by atoms with Crippen LogP contribution in [0.15, 0.2) is 67.3 Å². The van der Waals surface area contributed by atoms with E-state index in [4.69, 9.17) is 18.9 Å². The van der Waals surface area contributed by atoms with Crippen LogP contribution in [0.1, 0.15) is 22.8 Å². The number of hydrogen-bond acceptors (Lipinski definition) is 6. The van der Waals surface area contributed by atoms with Gasteiger partial charge in [-0.25, -0.2) is 4.79 Å². The fraction of sp³-hybridized carbons (Fsp3) is 0.273. The summed E-state index contributed by atoms with van der Waals surface area (Å²) in [5.74, 6) is 0.00608. The molecule has 1 atom stereocenters. The van der Waals surface area contributed by atoms with E-state index in [1.54, 1.807) is 43.3 Å². The first kappa shape index (κ1) is 21.3. The van der Waals surface area contributed by atoms with Crippen molar-refractivity contribution >= 4 is 11.8 Å². The molecule has 0 bridgehead atoms. The van der Waals surface area contributed by atoms with Gasteiger partial charge in [0.2, 0.25) is 0 Å². The van der Waals surface area contributed by atoms with Crippen molar-refractivity contribution in [3.63, 3.8) is 0 Å². The summed E-state index contributed by atoms with van der Waals surface area (Å²) in [6.07, 6.45) is 0.592. The fourth-order valence-corrected chi connectivity index (χ4v) is 2.33. The summed E-state index contributed by atoms with van der Waals surface area (Å²) in [5, 5.41) is 0. The van der Waals surface area contributed by atoms with E-state index in [1.165, 1.54) is 0 Å². The lowest BCUT2D eigenvalue weighted by molar-refractivity contribution is -0.139. The molecule has 0 aliphatic carbocycles. The van der Waals surface area contributed by atoms with E-state index in [0.29, 0.717) is 30.1 Å². The van der Waals surface area contributed by atoms with E-state index in [1.807, 2.05) is 18.2 Å². The molecule has 0 heterocycles. The standard InChI is InChI=1S/C22H24O6/c1-3-21(23)27-15-13-25-12-14-26-17(2)28-20-11-7-10-19(16-20)22(24)18-8-5-4-6-9-18/h3-11,16-17H,1,12-15H2,2H3. The Morgan fingerprint density at radius 3 is 2.43 bits per heavy atom. The van der Waals surface area contributed by atoms with Crippen LogP contribution in [0, 0.1) is 0 Å². The van der Waals surface area contributed by atoms with Crippen LogP contribution in [0.2, 0.25) is 0 Å². The zero-order valence-electron chi connectivity index (χ0n) is 15.8. The van der Waals surface area contributed by atoms with Crippen LogP contribution in [0.3, 0.4) is 0 Å². The Bertz CT molecular complexity index is 772. The van der Waals surface area contributed by atoms with Gasteiger partial charge in [-0.1, -0.05) is 49.0 Å². The van der Waals surface area contributed by atoms with Gasteiger partial charge in [0.1, 0.15) is 12.4 Å². The Morgan fingerprint density at radius 2 is 1.68 bits per heavy atom. The Balaban J connectivity index is 1.72. The molecular formula is C22H24O6. The van der Waals surface area contributed by atoms with Crippen molar-refractivity contribution in [2.75, 3.05) is 26.4 Å². The minimum absolute atomic E-state index is 0.0647. The predicted octanol–water partition coefficient (Wildman–Crippen LogP) is 3.40. The molecule has 2 rings (SSSR count). The molecule has 2 aromatic carbocycles. The van der Waals surface area contributed by atoms with Gasteiger partial charge in [-0.2, -0.15) is 0 Å². The van der Waals surface area contributed by atoms with Crippen LogP contribution >= 0.6 is 0 Å². The average Bonchev–Trinajstić information content (AvgIpc) is 2.73. The van der Waals surface area contributed by atoms with E-state index in [-0.39, 0.29) is 19.0 Å². The molecule has 0 spiro atoms. The Hall–Kier alpha value is -2.96. The summed E-state index contributed by atoms with van der Waals surface area (Å²) in [4.78, 5) is 23.4. The van der Waals surface area contributed by atoms with Crippen molar-refractivity contribution in [3.05, 3.63) is 78.4 Å². The third kappa shape index (κ3) is 7.34. The molecule has 148 valence electrons. The summed E-state index contributed by atoms with van der Waals surface area (Å²) in [6, 6.07) is 16.1. The van der Waals surface area contributed by atoms with Gasteiger partial charge in [-0.15, -0.1) is 0 Å². The quantitative estimate of drug-likeness (QED) is 0.184. The van der Waals surface area contributed by atoms with Crippen LogP contribution in [0.25, 0.3) is 0 Å². The molecule has 0 fully saturated rings. The third-order valence-electron chi connectivity index (χ3n) is 3.65. The number of benzene rings is 2. The number of ether oxygens (including phenoxy) is 4. The Kier molecular flexibility index (Phi) is 8.91. The first-order chi connectivity index (χ1) is 13.6. The molecule has 0 aliphatic rings. The summed E-state index contributed by atoms with van der Waals surface area (Å²) < 4.78 is 21.3. The van der Waals surface area contributed by atoms with Crippen molar-refractivity contribution < 1.29 is 28.5 Å². The molecule has 28 heavy (non-hydrogen) atoms. The molecule has 6 heteroatoms. The molecule has 6 nitrogen and oxygen atoms in total. The van der Waals surface area contributed by atoms with Crippen LogP contribution in [0.4, 0.5) is 0 Å². The van der Waals surface area contributed by atoms with Gasteiger partial charge in [0.25, 0.3) is 0 Å². The van der Waals surface area contributed by atoms with Crippen LogP contribution in [0.5, 0.6) is 5.75 Å². The molecule has 0 radical (unpaired) electrons. The SMILES string of the molecule is C=CC(=O)OCCOCCOC(C)Oc1cccc(C(=O)c2ccccc2)c1. The molecule has 0 amide bonds. The Labute approximate surface area is 164 Å². The van der Waals surface area contributed by atoms with E-state index >= 15 is 0 Å². The van der Waals surface area contributed by atoms with Gasteiger partial charge >= 0.3 is 5.97 Å². The van der Waals surface area contributed by atoms with Crippen LogP contribution in [-0.2, 0) is 19.0 Å². The lowest BCUT2D eigenvalue weighted by Gasteiger charge is -2.16. The molecule has 0 N–H and O–H groups in total. The molecule has 0 aliphatic heterocycles. The van der Waals surface area contributed by atoms with Gasteiger partial charge in [0.05, 0.1) is 19.8 Å². The van der Waals surface area contributed by atoms with Crippen molar-refractivity contribution in [1.29, 1.82) is 0 Å². The number of hydrogen-bond donors (Lipinski definition) is 0. The monoisotopic (exact) mass is 384 g/mol. The summed E-state index contributed by atoms with van der Waals surface area (Å²) >= 11 is 0. The van der Waals surface area contributed by atoms with E-state index in [0.717, 1.165) is 6.08 Å². The van der Waals surface area contributed by atoms with Gasteiger partial charge in [-0.3, -0.25) is 4.79 Å². The zero-order valence-corrected chi connectivity index (χ0v) is 15.8. The lowest BCUT2D eigenvalue weighted by atomic mass is 10.0. The number of rotatable bonds is 12. The van der Waals surface area contributed by atoms with Crippen LogP contribution < -0.4 is 4.74 Å². The number of ketones is 1. The largest absolute Gasteiger partial charge is 0.465 e. The van der Waals surface area contributed by atoms with Gasteiger partial charge < -0.3 is 18.9 Å². The molecule has 0 saturated carbocycles. The van der Waals surface area contributed by atoms with E-state index in [2.05, 4.69) is 6.58 Å². The minimum Gasteiger partial charge on any atom is -0.465 e. The van der Waals surface area contributed by atoms with Gasteiger partial charge in [0, 0.05) is 17.2 Å². The predicted molar refractivity (Wildman–Crippen MR) is 104 cm³/mol. The second-order valence-corrected chi connectivity index (χ2v) is 5.76. The highest BCUT2D eigenvalue weighted by molar-refractivity contribution is 6.09. The maximum atomic E-state index is 12.5. The minimum atomic E-state index is -0.510. The van der Waals surface area contributed by atoms with Crippen molar-refractivity contribution in [2.24, 2.45) is 0 Å². The van der Waals surface area contributed by atoms with Gasteiger partial charge in [0.15, 0.2) is 12.1 Å². The second-order valence-electron chi connectivity index (χ2n) is 5.76.